The van der Waals surface area contributed by atoms with Crippen molar-refractivity contribution in [2.75, 3.05) is 11.4 Å². The van der Waals surface area contributed by atoms with Crippen molar-refractivity contribution in [2.45, 2.75) is 45.5 Å². The Labute approximate surface area is 196 Å². The van der Waals surface area contributed by atoms with Crippen LogP contribution in [0.25, 0.3) is 0 Å². The third-order valence-electron chi connectivity index (χ3n) is 5.29. The molecule has 1 N–H and O–H groups in total. The second kappa shape index (κ2) is 11.0. The number of hydrogen-bond donors (Lipinski definition) is 1. The van der Waals surface area contributed by atoms with Gasteiger partial charge in [-0.15, -0.1) is 0 Å². The Morgan fingerprint density at radius 2 is 1.59 bits per heavy atom. The van der Waals surface area contributed by atoms with Crippen LogP contribution in [0, 0.1) is 0 Å². The van der Waals surface area contributed by atoms with Gasteiger partial charge in [0, 0.05) is 25.5 Å². The van der Waals surface area contributed by atoms with Gasteiger partial charge >= 0.3 is 12.1 Å². The monoisotopic (exact) mass is 473 g/mol. The number of ether oxygens (including phenoxy) is 1. The van der Waals surface area contributed by atoms with Gasteiger partial charge in [-0.2, -0.15) is 13.2 Å². The second-order valence-corrected chi connectivity index (χ2v) is 7.85. The van der Waals surface area contributed by atoms with E-state index in [2.05, 4.69) is 9.97 Å². The van der Waals surface area contributed by atoms with E-state index in [-0.39, 0.29) is 0 Å². The van der Waals surface area contributed by atoms with E-state index in [0.29, 0.717) is 36.8 Å². The number of aryl methyl sites for hydroxylation is 1. The topological polar surface area (TPSA) is 75.6 Å². The Hall–Kier alpha value is -3.62. The molecule has 1 heterocycles. The number of aliphatic carboxylic acids is 1. The van der Waals surface area contributed by atoms with Crippen molar-refractivity contribution in [1.29, 1.82) is 0 Å². The molecule has 3 aromatic rings. The number of alkyl halides is 3. The number of hydrogen-bond acceptors (Lipinski definition) is 5. The lowest BCUT2D eigenvalue weighted by Gasteiger charge is -2.23. The molecule has 0 radical (unpaired) electrons. The first-order valence-corrected chi connectivity index (χ1v) is 10.9. The average Bonchev–Trinajstić information content (AvgIpc) is 2.82. The Balaban J connectivity index is 1.73. The smallest absolute Gasteiger partial charge is 0.416 e. The molecule has 0 spiro atoms. The molecule has 180 valence electrons. The quantitative estimate of drug-likeness (QED) is 0.439. The molecule has 6 nitrogen and oxygen atoms in total. The average molecular weight is 473 g/mol. The standard InChI is InChI=1S/C25H26F3N3O3/c1-3-18-14-29-24(30-15-18)31(16-20-4-8-21(9-5-20)25(26,27)28)13-12-19-6-10-22(11-7-19)34-17(2)23(32)33/h4-11,14-15,17H,3,12-13,16H2,1-2H3,(H,32,33). The third-order valence-corrected chi connectivity index (χ3v) is 5.29. The Morgan fingerprint density at radius 1 is 1.00 bits per heavy atom. The molecule has 0 amide bonds. The summed E-state index contributed by atoms with van der Waals surface area (Å²) in [7, 11) is 0. The summed E-state index contributed by atoms with van der Waals surface area (Å²) in [6.45, 7) is 4.33. The van der Waals surface area contributed by atoms with Gasteiger partial charge in [0.05, 0.1) is 5.56 Å². The summed E-state index contributed by atoms with van der Waals surface area (Å²) in [5.41, 5.74) is 2.00. The first-order valence-electron chi connectivity index (χ1n) is 10.9. The number of halogens is 3. The fourth-order valence-electron chi connectivity index (χ4n) is 3.22. The molecule has 1 unspecified atom stereocenters. The SMILES string of the molecule is CCc1cnc(N(CCc2ccc(OC(C)C(=O)O)cc2)Cc2ccc(C(F)(F)F)cc2)nc1. The highest BCUT2D eigenvalue weighted by Crippen LogP contribution is 2.29. The van der Waals surface area contributed by atoms with Crippen LogP contribution in [0.3, 0.4) is 0 Å². The number of carboxylic acid groups (broad SMARTS) is 1. The Morgan fingerprint density at radius 3 is 2.12 bits per heavy atom. The van der Waals surface area contributed by atoms with Gasteiger partial charge in [-0.1, -0.05) is 31.2 Å². The number of nitrogens with zero attached hydrogens (tertiary/aromatic N) is 3. The van der Waals surface area contributed by atoms with Crippen LogP contribution in [0.5, 0.6) is 5.75 Å². The van der Waals surface area contributed by atoms with Gasteiger partial charge in [-0.3, -0.25) is 0 Å². The molecule has 0 aliphatic carbocycles. The first kappa shape index (κ1) is 25.0. The molecule has 0 fully saturated rings. The molecular weight excluding hydrogens is 447 g/mol. The molecule has 0 aliphatic heterocycles. The lowest BCUT2D eigenvalue weighted by atomic mass is 10.1. The van der Waals surface area contributed by atoms with Crippen LogP contribution in [0.4, 0.5) is 19.1 Å². The van der Waals surface area contributed by atoms with Crippen molar-refractivity contribution in [1.82, 2.24) is 9.97 Å². The van der Waals surface area contributed by atoms with Crippen LogP contribution in [0.2, 0.25) is 0 Å². The summed E-state index contributed by atoms with van der Waals surface area (Å²) in [4.78, 5) is 21.7. The first-order chi connectivity index (χ1) is 16.2. The third kappa shape index (κ3) is 6.94. The zero-order valence-electron chi connectivity index (χ0n) is 18.9. The van der Waals surface area contributed by atoms with Crippen molar-refractivity contribution < 1.29 is 27.8 Å². The van der Waals surface area contributed by atoms with E-state index in [0.717, 1.165) is 29.7 Å². The largest absolute Gasteiger partial charge is 0.479 e. The Bertz CT molecular complexity index is 1070. The molecule has 0 saturated carbocycles. The number of carbonyl (C=O) groups is 1. The summed E-state index contributed by atoms with van der Waals surface area (Å²) in [6.07, 6.45) is -0.415. The van der Waals surface area contributed by atoms with Crippen LogP contribution in [0.1, 0.15) is 36.1 Å². The van der Waals surface area contributed by atoms with Gasteiger partial charge in [0.15, 0.2) is 6.10 Å². The Kier molecular flexibility index (Phi) is 8.09. The fraction of sp³-hybridized carbons (Fsp3) is 0.320. The van der Waals surface area contributed by atoms with Crippen molar-refractivity contribution >= 4 is 11.9 Å². The van der Waals surface area contributed by atoms with E-state index < -0.39 is 23.8 Å². The predicted octanol–water partition coefficient (Wildman–Crippen LogP) is 5.16. The van der Waals surface area contributed by atoms with E-state index in [1.807, 2.05) is 24.0 Å². The van der Waals surface area contributed by atoms with Gasteiger partial charge in [0.25, 0.3) is 0 Å². The maximum absolute atomic E-state index is 12.9. The zero-order valence-corrected chi connectivity index (χ0v) is 18.9. The summed E-state index contributed by atoms with van der Waals surface area (Å²) in [6, 6.07) is 12.2. The summed E-state index contributed by atoms with van der Waals surface area (Å²) >= 11 is 0. The van der Waals surface area contributed by atoms with Crippen molar-refractivity contribution in [3.63, 3.8) is 0 Å². The number of aromatic nitrogens is 2. The van der Waals surface area contributed by atoms with Crippen LogP contribution in [-0.2, 0) is 30.4 Å². The van der Waals surface area contributed by atoms with Gasteiger partial charge in [0.2, 0.25) is 5.95 Å². The van der Waals surface area contributed by atoms with Gasteiger partial charge in [0.1, 0.15) is 5.75 Å². The molecule has 1 aromatic heterocycles. The summed E-state index contributed by atoms with van der Waals surface area (Å²) in [5, 5.41) is 8.96. The van der Waals surface area contributed by atoms with Crippen molar-refractivity contribution in [2.24, 2.45) is 0 Å². The van der Waals surface area contributed by atoms with E-state index in [4.69, 9.17) is 9.84 Å². The van der Waals surface area contributed by atoms with Crippen LogP contribution in [0.15, 0.2) is 60.9 Å². The van der Waals surface area contributed by atoms with E-state index in [9.17, 15) is 18.0 Å². The highest BCUT2D eigenvalue weighted by atomic mass is 19.4. The molecular formula is C25H26F3N3O3. The van der Waals surface area contributed by atoms with Crippen LogP contribution in [-0.4, -0.2) is 33.7 Å². The number of anilines is 1. The fourth-order valence-corrected chi connectivity index (χ4v) is 3.22. The van der Waals surface area contributed by atoms with Crippen LogP contribution >= 0.6 is 0 Å². The number of rotatable bonds is 10. The zero-order chi connectivity index (χ0) is 24.7. The van der Waals surface area contributed by atoms with Crippen LogP contribution < -0.4 is 9.64 Å². The highest BCUT2D eigenvalue weighted by Gasteiger charge is 2.30. The normalized spacial score (nSPS) is 12.3. The number of carboxylic acids is 1. The predicted molar refractivity (Wildman–Crippen MR) is 122 cm³/mol. The molecule has 0 bridgehead atoms. The van der Waals surface area contributed by atoms with E-state index in [1.165, 1.54) is 19.1 Å². The highest BCUT2D eigenvalue weighted by molar-refractivity contribution is 5.72. The lowest BCUT2D eigenvalue weighted by Crippen LogP contribution is -2.27. The van der Waals surface area contributed by atoms with Gasteiger partial charge in [-0.05, 0) is 60.7 Å². The molecule has 3 rings (SSSR count). The minimum atomic E-state index is -4.38. The molecule has 9 heteroatoms. The number of benzene rings is 2. The van der Waals surface area contributed by atoms with E-state index >= 15 is 0 Å². The van der Waals surface area contributed by atoms with Crippen molar-refractivity contribution in [3.05, 3.63) is 83.2 Å². The van der Waals surface area contributed by atoms with Gasteiger partial charge in [-0.25, -0.2) is 14.8 Å². The summed E-state index contributed by atoms with van der Waals surface area (Å²) < 4.78 is 44.0. The molecule has 1 atom stereocenters. The molecule has 2 aromatic carbocycles. The maximum atomic E-state index is 12.9. The van der Waals surface area contributed by atoms with E-state index in [1.54, 1.807) is 24.5 Å². The molecule has 0 aliphatic rings. The molecule has 0 saturated heterocycles. The molecule has 34 heavy (non-hydrogen) atoms. The van der Waals surface area contributed by atoms with Gasteiger partial charge < -0.3 is 14.7 Å². The van der Waals surface area contributed by atoms with Crippen molar-refractivity contribution in [3.8, 4) is 5.75 Å². The lowest BCUT2D eigenvalue weighted by molar-refractivity contribution is -0.144. The minimum absolute atomic E-state index is 0.348. The second-order valence-electron chi connectivity index (χ2n) is 7.85. The maximum Gasteiger partial charge on any atom is 0.416 e. The minimum Gasteiger partial charge on any atom is -0.479 e. The summed E-state index contributed by atoms with van der Waals surface area (Å²) in [5.74, 6) is -0.0943.